The predicted octanol–water partition coefficient (Wildman–Crippen LogP) is -0.00270. The van der Waals surface area contributed by atoms with E-state index in [0.717, 1.165) is 4.48 Å². The van der Waals surface area contributed by atoms with Crippen molar-refractivity contribution in [2.45, 2.75) is 13.1 Å². The molecule has 7 heavy (non-hydrogen) atoms. The third kappa shape index (κ3) is 2.60. The number of hydrogen-bond donors (Lipinski definition) is 1. The molecule has 2 nitrogen and oxygen atoms in total. The van der Waals surface area contributed by atoms with Crippen LogP contribution < -0.4 is 5.73 Å². The Morgan fingerprint density at radius 2 is 1.43 bits per heavy atom. The van der Waals surface area contributed by atoms with Crippen LogP contribution in [0.5, 0.6) is 0 Å². The number of quaternary nitrogens is 1. The monoisotopic (exact) mass is 103 g/mol. The van der Waals surface area contributed by atoms with Crippen LogP contribution in [0.25, 0.3) is 0 Å². The molecular formula is C5H15N2+. The SMILES string of the molecule is CC(N)[N+](C)(C)C. The maximum Gasteiger partial charge on any atom is 0.136 e. The van der Waals surface area contributed by atoms with Gasteiger partial charge in [0.05, 0.1) is 21.1 Å². The first-order chi connectivity index (χ1) is 2.94. The van der Waals surface area contributed by atoms with E-state index in [-0.39, 0.29) is 6.17 Å². The molecule has 0 saturated heterocycles. The topological polar surface area (TPSA) is 26.0 Å². The first-order valence-corrected chi connectivity index (χ1v) is 2.51. The van der Waals surface area contributed by atoms with Gasteiger partial charge in [-0.1, -0.05) is 0 Å². The van der Waals surface area contributed by atoms with E-state index in [2.05, 4.69) is 21.1 Å². The molecule has 1 atom stereocenters. The molecule has 1 unspecified atom stereocenters. The van der Waals surface area contributed by atoms with Crippen molar-refractivity contribution in [1.29, 1.82) is 0 Å². The van der Waals surface area contributed by atoms with E-state index < -0.39 is 0 Å². The summed E-state index contributed by atoms with van der Waals surface area (Å²) in [6.45, 7) is 2.00. The summed E-state index contributed by atoms with van der Waals surface area (Å²) in [4.78, 5) is 0. The lowest BCUT2D eigenvalue weighted by molar-refractivity contribution is -0.893. The molecule has 2 heteroatoms. The van der Waals surface area contributed by atoms with E-state index in [0.29, 0.717) is 0 Å². The van der Waals surface area contributed by atoms with E-state index >= 15 is 0 Å². The van der Waals surface area contributed by atoms with Crippen LogP contribution in [0, 0.1) is 0 Å². The molecule has 0 saturated carbocycles. The minimum Gasteiger partial charge on any atom is -0.317 e. The highest BCUT2D eigenvalue weighted by atomic mass is 15.3. The van der Waals surface area contributed by atoms with Gasteiger partial charge >= 0.3 is 0 Å². The van der Waals surface area contributed by atoms with Gasteiger partial charge in [0, 0.05) is 6.92 Å². The molecule has 0 aromatic heterocycles. The van der Waals surface area contributed by atoms with Gasteiger partial charge in [0.1, 0.15) is 6.17 Å². The second kappa shape index (κ2) is 1.80. The van der Waals surface area contributed by atoms with Crippen molar-refractivity contribution >= 4 is 0 Å². The highest BCUT2D eigenvalue weighted by Crippen LogP contribution is 1.91. The van der Waals surface area contributed by atoms with Crippen LogP contribution in [-0.4, -0.2) is 31.8 Å². The van der Waals surface area contributed by atoms with E-state index in [1.54, 1.807) is 0 Å². The molecule has 0 amide bonds. The molecule has 0 bridgehead atoms. The van der Waals surface area contributed by atoms with Gasteiger partial charge in [-0.3, -0.25) is 5.73 Å². The molecule has 0 aliphatic carbocycles. The zero-order valence-electron chi connectivity index (χ0n) is 5.60. The number of hydrogen-bond acceptors (Lipinski definition) is 1. The lowest BCUT2D eigenvalue weighted by Gasteiger charge is -2.27. The third-order valence-corrected chi connectivity index (χ3v) is 1.22. The summed E-state index contributed by atoms with van der Waals surface area (Å²) in [5.74, 6) is 0. The lowest BCUT2D eigenvalue weighted by Crippen LogP contribution is -2.48. The first-order valence-electron chi connectivity index (χ1n) is 2.51. The van der Waals surface area contributed by atoms with Gasteiger partial charge in [0.25, 0.3) is 0 Å². The Kier molecular flexibility index (Phi) is 1.78. The average molecular weight is 103 g/mol. The molecule has 0 heterocycles. The third-order valence-electron chi connectivity index (χ3n) is 1.22. The summed E-state index contributed by atoms with van der Waals surface area (Å²) < 4.78 is 0.833. The molecule has 0 aliphatic heterocycles. The van der Waals surface area contributed by atoms with Crippen LogP contribution in [0.15, 0.2) is 0 Å². The summed E-state index contributed by atoms with van der Waals surface area (Å²) in [6.07, 6.45) is 0.236. The summed E-state index contributed by atoms with van der Waals surface area (Å²) in [6, 6.07) is 0. The standard InChI is InChI=1S/C5H15N2/c1-5(6)7(2,3)4/h5H,6H2,1-4H3/q+1. The first kappa shape index (κ1) is 6.92. The quantitative estimate of drug-likeness (QED) is 0.367. The molecule has 2 N–H and O–H groups in total. The smallest absolute Gasteiger partial charge is 0.136 e. The van der Waals surface area contributed by atoms with E-state index in [1.165, 1.54) is 0 Å². The molecule has 44 valence electrons. The largest absolute Gasteiger partial charge is 0.317 e. The van der Waals surface area contributed by atoms with Crippen LogP contribution in [0.1, 0.15) is 6.92 Å². The molecule has 0 aliphatic rings. The van der Waals surface area contributed by atoms with Crippen LogP contribution in [-0.2, 0) is 0 Å². The summed E-state index contributed by atoms with van der Waals surface area (Å²) in [5, 5.41) is 0. The Balaban J connectivity index is 3.54. The molecule has 0 spiro atoms. The van der Waals surface area contributed by atoms with Crippen molar-refractivity contribution in [3.63, 3.8) is 0 Å². The van der Waals surface area contributed by atoms with Crippen LogP contribution in [0.4, 0.5) is 0 Å². The fourth-order valence-electron chi connectivity index (χ4n) is 0. The van der Waals surface area contributed by atoms with Crippen LogP contribution in [0.2, 0.25) is 0 Å². The van der Waals surface area contributed by atoms with Gasteiger partial charge in [-0.15, -0.1) is 0 Å². The van der Waals surface area contributed by atoms with Crippen molar-refractivity contribution in [3.05, 3.63) is 0 Å². The van der Waals surface area contributed by atoms with Gasteiger partial charge in [0.15, 0.2) is 0 Å². The van der Waals surface area contributed by atoms with Gasteiger partial charge in [0.2, 0.25) is 0 Å². The Labute approximate surface area is 45.5 Å². The summed E-state index contributed by atoms with van der Waals surface area (Å²) in [5.41, 5.74) is 5.54. The van der Waals surface area contributed by atoms with Crippen molar-refractivity contribution in [3.8, 4) is 0 Å². The second-order valence-corrected chi connectivity index (χ2v) is 2.86. The predicted molar refractivity (Wildman–Crippen MR) is 31.7 cm³/mol. The highest BCUT2D eigenvalue weighted by molar-refractivity contribution is 4.28. The average Bonchev–Trinajstić information content (AvgIpc) is 1.31. The van der Waals surface area contributed by atoms with Gasteiger partial charge in [-0.25, -0.2) is 0 Å². The molecule has 0 rings (SSSR count). The summed E-state index contributed by atoms with van der Waals surface area (Å²) >= 11 is 0. The maximum atomic E-state index is 5.54. The number of rotatable bonds is 1. The van der Waals surface area contributed by atoms with Crippen LogP contribution in [0.3, 0.4) is 0 Å². The van der Waals surface area contributed by atoms with Crippen molar-refractivity contribution in [1.82, 2.24) is 0 Å². The molecule has 0 radical (unpaired) electrons. The Morgan fingerprint density at radius 3 is 1.43 bits per heavy atom. The highest BCUT2D eigenvalue weighted by Gasteiger charge is 2.10. The van der Waals surface area contributed by atoms with Gasteiger partial charge < -0.3 is 4.48 Å². The zero-order chi connectivity index (χ0) is 6.08. The van der Waals surface area contributed by atoms with Gasteiger partial charge in [-0.2, -0.15) is 0 Å². The number of nitrogens with two attached hydrogens (primary N) is 1. The summed E-state index contributed by atoms with van der Waals surface area (Å²) in [7, 11) is 6.22. The second-order valence-electron chi connectivity index (χ2n) is 2.86. The molecule has 0 aromatic carbocycles. The molecule has 0 aromatic rings. The minimum atomic E-state index is 0.236. The van der Waals surface area contributed by atoms with E-state index in [9.17, 15) is 0 Å². The lowest BCUT2D eigenvalue weighted by atomic mass is 10.5. The Morgan fingerprint density at radius 1 is 1.29 bits per heavy atom. The zero-order valence-corrected chi connectivity index (χ0v) is 5.60. The number of nitrogens with zero attached hydrogens (tertiary/aromatic N) is 1. The van der Waals surface area contributed by atoms with Crippen LogP contribution >= 0.6 is 0 Å². The molecular weight excluding hydrogens is 88.1 g/mol. The Hall–Kier alpha value is -0.0800. The fourth-order valence-corrected chi connectivity index (χ4v) is 0. The van der Waals surface area contributed by atoms with Crippen molar-refractivity contribution in [2.75, 3.05) is 21.1 Å². The van der Waals surface area contributed by atoms with E-state index in [4.69, 9.17) is 5.73 Å². The molecule has 0 fully saturated rings. The maximum absolute atomic E-state index is 5.54. The van der Waals surface area contributed by atoms with E-state index in [1.807, 2.05) is 6.92 Å². The van der Waals surface area contributed by atoms with Crippen molar-refractivity contribution < 1.29 is 4.48 Å². The fraction of sp³-hybridized carbons (Fsp3) is 1.00. The minimum absolute atomic E-state index is 0.236. The Bertz CT molecular complexity index is 51.6. The van der Waals surface area contributed by atoms with Gasteiger partial charge in [-0.05, 0) is 0 Å². The normalized spacial score (nSPS) is 16.7. The van der Waals surface area contributed by atoms with Crippen molar-refractivity contribution in [2.24, 2.45) is 5.73 Å².